The first-order valence-electron chi connectivity index (χ1n) is 10.0. The Kier molecular flexibility index (Phi) is 5.96. The number of hydrogen-bond donors (Lipinski definition) is 1. The van der Waals surface area contributed by atoms with Gasteiger partial charge in [-0.3, -0.25) is 9.59 Å². The zero-order valence-electron chi connectivity index (χ0n) is 17.4. The molecule has 0 saturated heterocycles. The van der Waals surface area contributed by atoms with Gasteiger partial charge in [-0.15, -0.1) is 0 Å². The maximum absolute atomic E-state index is 13.2. The molecular formula is C22H30N2O4. The lowest BCUT2D eigenvalue weighted by atomic mass is 9.78. The van der Waals surface area contributed by atoms with Gasteiger partial charge in [0.25, 0.3) is 11.5 Å². The average molecular weight is 386 g/mol. The van der Waals surface area contributed by atoms with Gasteiger partial charge in [-0.05, 0) is 37.3 Å². The second-order valence-electron chi connectivity index (χ2n) is 7.73. The van der Waals surface area contributed by atoms with Crippen molar-refractivity contribution in [2.75, 3.05) is 14.2 Å². The van der Waals surface area contributed by atoms with Crippen LogP contribution in [0.2, 0.25) is 0 Å². The number of methoxy groups -OCH3 is 2. The number of hydrogen-bond acceptors (Lipinski definition) is 4. The summed E-state index contributed by atoms with van der Waals surface area (Å²) in [6, 6.07) is 3.52. The van der Waals surface area contributed by atoms with Crippen molar-refractivity contribution in [1.82, 2.24) is 9.88 Å². The second-order valence-corrected chi connectivity index (χ2v) is 7.73. The molecule has 3 atom stereocenters. The molecule has 0 spiro atoms. The molecule has 1 heterocycles. The highest BCUT2D eigenvalue weighted by molar-refractivity contribution is 6.07. The Balaban J connectivity index is 2.09. The first-order chi connectivity index (χ1) is 13.4. The maximum Gasteiger partial charge on any atom is 0.258 e. The molecule has 0 radical (unpaired) electrons. The van der Waals surface area contributed by atoms with E-state index in [0.717, 1.165) is 12.8 Å². The quantitative estimate of drug-likeness (QED) is 0.853. The van der Waals surface area contributed by atoms with Crippen LogP contribution in [0, 0.1) is 11.8 Å². The van der Waals surface area contributed by atoms with Gasteiger partial charge in [0.1, 0.15) is 0 Å². The minimum atomic E-state index is -0.148. The van der Waals surface area contributed by atoms with Crippen molar-refractivity contribution in [2.45, 2.75) is 52.6 Å². The molecule has 2 aromatic rings. The van der Waals surface area contributed by atoms with Crippen molar-refractivity contribution < 1.29 is 14.3 Å². The minimum Gasteiger partial charge on any atom is -0.493 e. The van der Waals surface area contributed by atoms with Crippen molar-refractivity contribution in [3.63, 3.8) is 0 Å². The Labute approximate surface area is 165 Å². The molecule has 1 amide bonds. The topological polar surface area (TPSA) is 69.6 Å². The van der Waals surface area contributed by atoms with E-state index in [4.69, 9.17) is 9.47 Å². The lowest BCUT2D eigenvalue weighted by Crippen LogP contribution is -2.44. The van der Waals surface area contributed by atoms with E-state index in [1.54, 1.807) is 30.0 Å². The van der Waals surface area contributed by atoms with Crippen LogP contribution in [-0.4, -0.2) is 30.7 Å². The van der Waals surface area contributed by atoms with Crippen LogP contribution in [0.1, 0.15) is 50.4 Å². The molecule has 0 aliphatic heterocycles. The lowest BCUT2D eigenvalue weighted by molar-refractivity contribution is 0.0892. The number of nitrogens with zero attached hydrogens (tertiary/aromatic N) is 1. The van der Waals surface area contributed by atoms with Crippen LogP contribution in [0.25, 0.3) is 10.8 Å². The van der Waals surface area contributed by atoms with Crippen molar-refractivity contribution >= 4 is 16.7 Å². The van der Waals surface area contributed by atoms with Gasteiger partial charge < -0.3 is 19.4 Å². The van der Waals surface area contributed by atoms with Crippen molar-refractivity contribution in [2.24, 2.45) is 11.8 Å². The smallest absolute Gasteiger partial charge is 0.258 e. The molecule has 152 valence electrons. The third-order valence-corrected chi connectivity index (χ3v) is 6.20. The third kappa shape index (κ3) is 3.60. The van der Waals surface area contributed by atoms with Crippen molar-refractivity contribution in [3.05, 3.63) is 34.2 Å². The zero-order chi connectivity index (χ0) is 20.4. The molecule has 1 aliphatic carbocycles. The lowest BCUT2D eigenvalue weighted by Gasteiger charge is -2.34. The minimum absolute atomic E-state index is 0.144. The Bertz CT molecular complexity index is 934. The number of carbonyl (C=O) groups is 1. The van der Waals surface area contributed by atoms with E-state index in [2.05, 4.69) is 19.2 Å². The van der Waals surface area contributed by atoms with Gasteiger partial charge in [-0.25, -0.2) is 0 Å². The Morgan fingerprint density at radius 1 is 1.14 bits per heavy atom. The van der Waals surface area contributed by atoms with Gasteiger partial charge in [-0.1, -0.05) is 26.7 Å². The molecule has 3 rings (SSSR count). The van der Waals surface area contributed by atoms with Crippen LogP contribution in [0.15, 0.2) is 23.1 Å². The molecule has 28 heavy (non-hydrogen) atoms. The van der Waals surface area contributed by atoms with Crippen LogP contribution in [0.3, 0.4) is 0 Å². The van der Waals surface area contributed by atoms with Gasteiger partial charge in [0.15, 0.2) is 11.5 Å². The van der Waals surface area contributed by atoms with E-state index in [1.807, 2.05) is 6.92 Å². The average Bonchev–Trinajstić information content (AvgIpc) is 2.70. The predicted octanol–water partition coefficient (Wildman–Crippen LogP) is 3.59. The molecule has 1 aliphatic rings. The largest absolute Gasteiger partial charge is 0.493 e. The summed E-state index contributed by atoms with van der Waals surface area (Å²) in [6.45, 7) is 6.82. The van der Waals surface area contributed by atoms with Crippen LogP contribution < -0.4 is 20.3 Å². The van der Waals surface area contributed by atoms with E-state index in [9.17, 15) is 9.59 Å². The normalized spacial score (nSPS) is 22.1. The SMILES string of the molecule is CCn1cc(C(=O)NC2CCCC(C)C2C)c2cc(OC)c(OC)cc2c1=O. The van der Waals surface area contributed by atoms with E-state index < -0.39 is 0 Å². The molecule has 3 unspecified atom stereocenters. The Morgan fingerprint density at radius 3 is 2.39 bits per heavy atom. The fourth-order valence-electron chi connectivity index (χ4n) is 4.17. The monoisotopic (exact) mass is 386 g/mol. The fraction of sp³-hybridized carbons (Fsp3) is 0.545. The van der Waals surface area contributed by atoms with E-state index >= 15 is 0 Å². The number of amides is 1. The maximum atomic E-state index is 13.2. The zero-order valence-corrected chi connectivity index (χ0v) is 17.4. The third-order valence-electron chi connectivity index (χ3n) is 6.20. The van der Waals surface area contributed by atoms with E-state index in [1.165, 1.54) is 13.5 Å². The summed E-state index contributed by atoms with van der Waals surface area (Å²) < 4.78 is 12.3. The summed E-state index contributed by atoms with van der Waals surface area (Å²) in [4.78, 5) is 26.0. The highest BCUT2D eigenvalue weighted by Crippen LogP contribution is 2.33. The number of fused-ring (bicyclic) bond motifs is 1. The second kappa shape index (κ2) is 8.25. The number of rotatable bonds is 5. The molecule has 1 saturated carbocycles. The number of pyridine rings is 1. The first kappa shape index (κ1) is 20.2. The predicted molar refractivity (Wildman–Crippen MR) is 110 cm³/mol. The van der Waals surface area contributed by atoms with Crippen molar-refractivity contribution in [1.29, 1.82) is 0 Å². The van der Waals surface area contributed by atoms with Gasteiger partial charge in [0, 0.05) is 24.2 Å². The first-order valence-corrected chi connectivity index (χ1v) is 10.0. The molecule has 1 N–H and O–H groups in total. The molecule has 0 bridgehead atoms. The number of benzene rings is 1. The summed E-state index contributed by atoms with van der Waals surface area (Å²) >= 11 is 0. The van der Waals surface area contributed by atoms with Crippen LogP contribution in [-0.2, 0) is 6.54 Å². The summed E-state index contributed by atoms with van der Waals surface area (Å²) in [6.07, 6.45) is 4.97. The van der Waals surface area contributed by atoms with Crippen LogP contribution >= 0.6 is 0 Å². The number of carbonyl (C=O) groups excluding carboxylic acids is 1. The fourth-order valence-corrected chi connectivity index (χ4v) is 4.17. The summed E-state index contributed by atoms with van der Waals surface area (Å²) in [5, 5.41) is 4.26. The number of nitrogens with one attached hydrogen (secondary N) is 1. The molecule has 1 aromatic carbocycles. The Hall–Kier alpha value is -2.50. The molecule has 1 aromatic heterocycles. The number of aromatic nitrogens is 1. The summed E-state index contributed by atoms with van der Waals surface area (Å²) in [5.74, 6) is 1.84. The van der Waals surface area contributed by atoms with Gasteiger partial charge in [0.2, 0.25) is 0 Å². The van der Waals surface area contributed by atoms with Crippen LogP contribution in [0.5, 0.6) is 11.5 Å². The van der Waals surface area contributed by atoms with Crippen LogP contribution in [0.4, 0.5) is 0 Å². The van der Waals surface area contributed by atoms with Gasteiger partial charge >= 0.3 is 0 Å². The molecule has 6 heteroatoms. The highest BCUT2D eigenvalue weighted by atomic mass is 16.5. The van der Waals surface area contributed by atoms with Gasteiger partial charge in [-0.2, -0.15) is 0 Å². The standard InChI is InChI=1S/C22H30N2O4/c1-6-24-12-17(21(25)23-18-9-7-8-13(2)14(18)3)15-10-19(27-4)20(28-5)11-16(15)22(24)26/h10-14,18H,6-9H2,1-5H3,(H,23,25). The molecule has 1 fully saturated rings. The molecule has 6 nitrogen and oxygen atoms in total. The summed E-state index contributed by atoms with van der Waals surface area (Å²) in [7, 11) is 3.08. The van der Waals surface area contributed by atoms with Crippen molar-refractivity contribution in [3.8, 4) is 11.5 Å². The molecular weight excluding hydrogens is 356 g/mol. The Morgan fingerprint density at radius 2 is 1.79 bits per heavy atom. The highest BCUT2D eigenvalue weighted by Gasteiger charge is 2.29. The van der Waals surface area contributed by atoms with E-state index in [-0.39, 0.29) is 17.5 Å². The van der Waals surface area contributed by atoms with E-state index in [0.29, 0.717) is 46.2 Å². The van der Waals surface area contributed by atoms with Gasteiger partial charge in [0.05, 0.1) is 25.2 Å². The summed E-state index contributed by atoms with van der Waals surface area (Å²) in [5.41, 5.74) is 0.345. The number of ether oxygens (including phenoxy) is 2. The number of aryl methyl sites for hydroxylation is 1.